The van der Waals surface area contributed by atoms with Crippen LogP contribution in [-0.2, 0) is 6.42 Å². The van der Waals surface area contributed by atoms with Gasteiger partial charge in [0, 0.05) is 17.3 Å². The standard InChI is InChI=1S/C13H13BrFNS/c1-8-6-9(15)2-4-11(8)12(16)7-10-3-5-13(14)17-10/h2-6,12H,7,16H2,1H3. The van der Waals surface area contributed by atoms with Gasteiger partial charge in [0.05, 0.1) is 3.79 Å². The van der Waals surface area contributed by atoms with Gasteiger partial charge in [0.2, 0.25) is 0 Å². The average molecular weight is 314 g/mol. The summed E-state index contributed by atoms with van der Waals surface area (Å²) in [6.07, 6.45) is 0.780. The monoisotopic (exact) mass is 313 g/mol. The molecule has 0 fully saturated rings. The summed E-state index contributed by atoms with van der Waals surface area (Å²) < 4.78 is 14.1. The molecular weight excluding hydrogens is 301 g/mol. The minimum Gasteiger partial charge on any atom is -0.324 e. The van der Waals surface area contributed by atoms with Crippen LogP contribution in [0.4, 0.5) is 4.39 Å². The fourth-order valence-electron chi connectivity index (χ4n) is 1.84. The lowest BCUT2D eigenvalue weighted by Crippen LogP contribution is -2.14. The molecule has 1 heterocycles. The molecule has 0 aliphatic rings. The lowest BCUT2D eigenvalue weighted by molar-refractivity contribution is 0.622. The first-order valence-corrected chi connectivity index (χ1v) is 6.93. The molecule has 0 saturated carbocycles. The molecule has 2 rings (SSSR count). The summed E-state index contributed by atoms with van der Waals surface area (Å²) in [6, 6.07) is 8.77. The fourth-order valence-corrected chi connectivity index (χ4v) is 3.38. The molecule has 1 atom stereocenters. The summed E-state index contributed by atoms with van der Waals surface area (Å²) in [5.41, 5.74) is 8.08. The van der Waals surface area contributed by atoms with Crippen LogP contribution in [0.15, 0.2) is 34.1 Å². The molecule has 0 bridgehead atoms. The summed E-state index contributed by atoms with van der Waals surface area (Å²) in [6.45, 7) is 1.89. The molecule has 0 aliphatic carbocycles. The summed E-state index contributed by atoms with van der Waals surface area (Å²) >= 11 is 5.11. The van der Waals surface area contributed by atoms with Crippen LogP contribution < -0.4 is 5.73 Å². The van der Waals surface area contributed by atoms with E-state index in [4.69, 9.17) is 5.73 Å². The first kappa shape index (κ1) is 12.7. The Hall–Kier alpha value is -0.710. The number of hydrogen-bond donors (Lipinski definition) is 1. The molecule has 1 nitrogen and oxygen atoms in total. The first-order chi connectivity index (χ1) is 8.06. The summed E-state index contributed by atoms with van der Waals surface area (Å²) in [5, 5.41) is 0. The zero-order valence-corrected chi connectivity index (χ0v) is 11.8. The van der Waals surface area contributed by atoms with Crippen LogP contribution in [0.3, 0.4) is 0 Å². The molecule has 4 heteroatoms. The number of thiophene rings is 1. The van der Waals surface area contributed by atoms with Gasteiger partial charge in [-0.3, -0.25) is 0 Å². The van der Waals surface area contributed by atoms with Gasteiger partial charge in [0.25, 0.3) is 0 Å². The highest BCUT2D eigenvalue weighted by molar-refractivity contribution is 9.11. The highest BCUT2D eigenvalue weighted by Gasteiger charge is 2.11. The SMILES string of the molecule is Cc1cc(F)ccc1C(N)Cc1ccc(Br)s1. The number of nitrogens with two attached hydrogens (primary N) is 1. The molecule has 0 radical (unpaired) electrons. The van der Waals surface area contributed by atoms with E-state index in [1.54, 1.807) is 17.4 Å². The van der Waals surface area contributed by atoms with Gasteiger partial charge in [-0.1, -0.05) is 6.07 Å². The Morgan fingerprint density at radius 3 is 2.71 bits per heavy atom. The summed E-state index contributed by atoms with van der Waals surface area (Å²) in [4.78, 5) is 1.23. The van der Waals surface area contributed by atoms with Crippen LogP contribution >= 0.6 is 27.3 Å². The molecule has 1 aromatic heterocycles. The van der Waals surface area contributed by atoms with Crippen LogP contribution in [0.25, 0.3) is 0 Å². The van der Waals surface area contributed by atoms with Crippen molar-refractivity contribution in [3.8, 4) is 0 Å². The van der Waals surface area contributed by atoms with E-state index in [0.29, 0.717) is 0 Å². The van der Waals surface area contributed by atoms with E-state index < -0.39 is 0 Å². The maximum atomic E-state index is 13.0. The number of aryl methyl sites for hydroxylation is 1. The predicted octanol–water partition coefficient (Wildman–Crippen LogP) is 4.20. The Morgan fingerprint density at radius 1 is 1.35 bits per heavy atom. The van der Waals surface area contributed by atoms with E-state index in [2.05, 4.69) is 22.0 Å². The quantitative estimate of drug-likeness (QED) is 0.903. The van der Waals surface area contributed by atoms with Gasteiger partial charge >= 0.3 is 0 Å². The van der Waals surface area contributed by atoms with E-state index in [1.165, 1.54) is 17.0 Å². The molecular formula is C13H13BrFNS. The maximum Gasteiger partial charge on any atom is 0.123 e. The predicted molar refractivity (Wildman–Crippen MR) is 73.8 cm³/mol. The zero-order valence-electron chi connectivity index (χ0n) is 9.41. The number of halogens is 2. The molecule has 90 valence electrons. The van der Waals surface area contributed by atoms with Gasteiger partial charge in [-0.2, -0.15) is 0 Å². The molecule has 1 unspecified atom stereocenters. The highest BCUT2D eigenvalue weighted by atomic mass is 79.9. The molecule has 17 heavy (non-hydrogen) atoms. The van der Waals surface area contributed by atoms with Gasteiger partial charge in [-0.05, 0) is 58.2 Å². The molecule has 2 aromatic rings. The third-order valence-electron chi connectivity index (χ3n) is 2.68. The second-order valence-electron chi connectivity index (χ2n) is 4.02. The third kappa shape index (κ3) is 3.15. The Balaban J connectivity index is 2.17. The largest absolute Gasteiger partial charge is 0.324 e. The van der Waals surface area contributed by atoms with Crippen molar-refractivity contribution >= 4 is 27.3 Å². The normalized spacial score (nSPS) is 12.7. The van der Waals surface area contributed by atoms with Gasteiger partial charge in [0.15, 0.2) is 0 Å². The van der Waals surface area contributed by atoms with Crippen molar-refractivity contribution in [2.24, 2.45) is 5.73 Å². The minimum atomic E-state index is -0.211. The second kappa shape index (κ2) is 5.29. The maximum absolute atomic E-state index is 13.0. The van der Waals surface area contributed by atoms with Crippen molar-refractivity contribution in [2.45, 2.75) is 19.4 Å². The van der Waals surface area contributed by atoms with Crippen molar-refractivity contribution in [2.75, 3.05) is 0 Å². The molecule has 0 aliphatic heterocycles. The number of hydrogen-bond acceptors (Lipinski definition) is 2. The minimum absolute atomic E-state index is 0.0823. The lowest BCUT2D eigenvalue weighted by Gasteiger charge is -2.13. The Kier molecular flexibility index (Phi) is 3.97. The summed E-state index contributed by atoms with van der Waals surface area (Å²) in [5.74, 6) is -0.211. The average Bonchev–Trinajstić information content (AvgIpc) is 2.63. The van der Waals surface area contributed by atoms with Crippen molar-refractivity contribution in [3.63, 3.8) is 0 Å². The van der Waals surface area contributed by atoms with Crippen LogP contribution in [0, 0.1) is 12.7 Å². The Morgan fingerprint density at radius 2 is 2.12 bits per heavy atom. The van der Waals surface area contributed by atoms with Gasteiger partial charge in [0.1, 0.15) is 5.82 Å². The summed E-state index contributed by atoms with van der Waals surface area (Å²) in [7, 11) is 0. The van der Waals surface area contributed by atoms with E-state index in [0.717, 1.165) is 21.3 Å². The Labute approximate surface area is 113 Å². The van der Waals surface area contributed by atoms with E-state index >= 15 is 0 Å². The molecule has 0 amide bonds. The molecule has 0 saturated heterocycles. The van der Waals surface area contributed by atoms with E-state index in [9.17, 15) is 4.39 Å². The van der Waals surface area contributed by atoms with Gasteiger partial charge in [-0.15, -0.1) is 11.3 Å². The van der Waals surface area contributed by atoms with E-state index in [-0.39, 0.29) is 11.9 Å². The Bertz CT molecular complexity index is 524. The topological polar surface area (TPSA) is 26.0 Å². The third-order valence-corrected chi connectivity index (χ3v) is 4.33. The van der Waals surface area contributed by atoms with E-state index in [1.807, 2.05) is 13.0 Å². The number of benzene rings is 1. The molecule has 2 N–H and O–H groups in total. The van der Waals surface area contributed by atoms with Gasteiger partial charge < -0.3 is 5.73 Å². The van der Waals surface area contributed by atoms with Crippen molar-refractivity contribution in [3.05, 3.63) is 55.9 Å². The van der Waals surface area contributed by atoms with Crippen molar-refractivity contribution < 1.29 is 4.39 Å². The van der Waals surface area contributed by atoms with Crippen molar-refractivity contribution in [1.29, 1.82) is 0 Å². The zero-order chi connectivity index (χ0) is 12.4. The van der Waals surface area contributed by atoms with Crippen molar-refractivity contribution in [1.82, 2.24) is 0 Å². The van der Waals surface area contributed by atoms with Gasteiger partial charge in [-0.25, -0.2) is 4.39 Å². The molecule has 1 aromatic carbocycles. The first-order valence-electron chi connectivity index (χ1n) is 5.32. The molecule has 0 spiro atoms. The smallest absolute Gasteiger partial charge is 0.123 e. The highest BCUT2D eigenvalue weighted by Crippen LogP contribution is 2.27. The fraction of sp³-hybridized carbons (Fsp3) is 0.231. The second-order valence-corrected chi connectivity index (χ2v) is 6.56. The van der Waals surface area contributed by atoms with Crippen LogP contribution in [0.5, 0.6) is 0 Å². The van der Waals surface area contributed by atoms with Crippen LogP contribution in [0.1, 0.15) is 22.0 Å². The number of rotatable bonds is 3. The van der Waals surface area contributed by atoms with Crippen LogP contribution in [-0.4, -0.2) is 0 Å². The lowest BCUT2D eigenvalue weighted by atomic mass is 9.99. The van der Waals surface area contributed by atoms with Crippen LogP contribution in [0.2, 0.25) is 0 Å².